The van der Waals surface area contributed by atoms with Gasteiger partial charge in [0.1, 0.15) is 5.82 Å². The molecule has 1 aromatic heterocycles. The van der Waals surface area contributed by atoms with Crippen molar-refractivity contribution in [2.24, 2.45) is 11.7 Å². The monoisotopic (exact) mass is 303 g/mol. The molecule has 2 saturated heterocycles. The topological polar surface area (TPSA) is 91.1 Å². The van der Waals surface area contributed by atoms with Crippen LogP contribution < -0.4 is 26.8 Å². The van der Waals surface area contributed by atoms with Crippen LogP contribution in [0.1, 0.15) is 25.7 Å². The zero-order valence-electron chi connectivity index (χ0n) is 12.8. The van der Waals surface area contributed by atoms with Gasteiger partial charge in [0.25, 0.3) is 0 Å². The zero-order valence-corrected chi connectivity index (χ0v) is 12.8. The van der Waals surface area contributed by atoms with E-state index in [4.69, 9.17) is 5.73 Å². The van der Waals surface area contributed by atoms with Gasteiger partial charge in [-0.25, -0.2) is 4.98 Å². The molecule has 0 amide bonds. The molecule has 3 aliphatic rings. The van der Waals surface area contributed by atoms with Crippen molar-refractivity contribution in [3.63, 3.8) is 0 Å². The number of hydrogen-bond acceptors (Lipinski definition) is 7. The van der Waals surface area contributed by atoms with Crippen molar-refractivity contribution >= 4 is 11.8 Å². The van der Waals surface area contributed by atoms with Crippen LogP contribution in [-0.4, -0.2) is 47.7 Å². The predicted molar refractivity (Wildman–Crippen MR) is 86.5 cm³/mol. The van der Waals surface area contributed by atoms with Crippen LogP contribution in [0.2, 0.25) is 0 Å². The number of anilines is 2. The van der Waals surface area contributed by atoms with Crippen molar-refractivity contribution < 1.29 is 0 Å². The standard InChI is InChI=1S/C15H25N7/c16-11-4-6-22(9-11)15-17-5-3-14(20-15)19-12-1-2-13-10(7-12)8-18-21-13/h3,5,10-13,18,21H,1-2,4,6-9,16H2,(H,17,19,20)/t10?,11-,12?,13?/m1/s1. The van der Waals surface area contributed by atoms with E-state index in [0.717, 1.165) is 43.7 Å². The van der Waals surface area contributed by atoms with Gasteiger partial charge in [-0.2, -0.15) is 4.98 Å². The second kappa shape index (κ2) is 5.98. The lowest BCUT2D eigenvalue weighted by atomic mass is 9.83. The summed E-state index contributed by atoms with van der Waals surface area (Å²) in [6.45, 7) is 2.88. The minimum atomic E-state index is 0.248. The molecular weight excluding hydrogens is 278 g/mol. The van der Waals surface area contributed by atoms with Gasteiger partial charge in [0, 0.05) is 44.0 Å². The molecule has 4 atom stereocenters. The van der Waals surface area contributed by atoms with E-state index in [-0.39, 0.29) is 6.04 Å². The highest BCUT2D eigenvalue weighted by atomic mass is 15.4. The molecule has 7 nitrogen and oxygen atoms in total. The fourth-order valence-electron chi connectivity index (χ4n) is 3.89. The Morgan fingerprint density at radius 3 is 3.14 bits per heavy atom. The molecule has 0 bridgehead atoms. The number of fused-ring (bicyclic) bond motifs is 1. The summed E-state index contributed by atoms with van der Waals surface area (Å²) in [7, 11) is 0. The highest BCUT2D eigenvalue weighted by Gasteiger charge is 2.33. The van der Waals surface area contributed by atoms with E-state index >= 15 is 0 Å². The molecule has 1 saturated carbocycles. The summed E-state index contributed by atoms with van der Waals surface area (Å²) in [4.78, 5) is 11.3. The number of nitrogens with zero attached hydrogens (tertiary/aromatic N) is 3. The smallest absolute Gasteiger partial charge is 0.227 e. The van der Waals surface area contributed by atoms with Gasteiger partial charge in [0.2, 0.25) is 5.95 Å². The van der Waals surface area contributed by atoms with Crippen molar-refractivity contribution in [3.8, 4) is 0 Å². The Balaban J connectivity index is 1.40. The summed E-state index contributed by atoms with van der Waals surface area (Å²) in [5.74, 6) is 2.47. The lowest BCUT2D eigenvalue weighted by molar-refractivity contribution is 0.314. The SMILES string of the molecule is N[C@@H]1CCN(c2nccc(NC3CCC4NNCC4C3)n2)C1. The summed E-state index contributed by atoms with van der Waals surface area (Å²) in [5, 5.41) is 3.60. The number of aromatic nitrogens is 2. The van der Waals surface area contributed by atoms with Gasteiger partial charge < -0.3 is 16.0 Å². The lowest BCUT2D eigenvalue weighted by Crippen LogP contribution is -2.39. The molecule has 0 aromatic carbocycles. The number of rotatable bonds is 3. The molecule has 120 valence electrons. The molecule has 5 N–H and O–H groups in total. The number of hydrazine groups is 1. The minimum absolute atomic E-state index is 0.248. The first-order valence-corrected chi connectivity index (χ1v) is 8.36. The third-order valence-corrected chi connectivity index (χ3v) is 5.14. The normalized spacial score (nSPS) is 34.7. The average molecular weight is 303 g/mol. The van der Waals surface area contributed by atoms with Crippen molar-refractivity contribution in [3.05, 3.63) is 12.3 Å². The van der Waals surface area contributed by atoms with E-state index in [9.17, 15) is 0 Å². The van der Waals surface area contributed by atoms with Gasteiger partial charge in [-0.15, -0.1) is 0 Å². The maximum absolute atomic E-state index is 5.97. The van der Waals surface area contributed by atoms with Crippen LogP contribution in [0, 0.1) is 5.92 Å². The van der Waals surface area contributed by atoms with Crippen LogP contribution in [0.15, 0.2) is 12.3 Å². The van der Waals surface area contributed by atoms with E-state index in [1.165, 1.54) is 19.3 Å². The second-order valence-electron chi connectivity index (χ2n) is 6.78. The third kappa shape index (κ3) is 2.88. The van der Waals surface area contributed by atoms with Gasteiger partial charge in [-0.05, 0) is 37.7 Å². The van der Waals surface area contributed by atoms with Crippen LogP contribution in [0.5, 0.6) is 0 Å². The molecule has 22 heavy (non-hydrogen) atoms. The average Bonchev–Trinajstić information content (AvgIpc) is 3.16. The molecule has 3 unspecified atom stereocenters. The van der Waals surface area contributed by atoms with Gasteiger partial charge in [0.05, 0.1) is 0 Å². The fourth-order valence-corrected chi connectivity index (χ4v) is 3.89. The minimum Gasteiger partial charge on any atom is -0.367 e. The van der Waals surface area contributed by atoms with E-state index in [1.54, 1.807) is 0 Å². The van der Waals surface area contributed by atoms with Crippen LogP contribution >= 0.6 is 0 Å². The molecule has 0 spiro atoms. The molecule has 1 aliphatic carbocycles. The van der Waals surface area contributed by atoms with Gasteiger partial charge in [-0.3, -0.25) is 10.9 Å². The van der Waals surface area contributed by atoms with E-state index in [0.29, 0.717) is 12.1 Å². The predicted octanol–water partition coefficient (Wildman–Crippen LogP) is 0.0710. The molecule has 3 heterocycles. The highest BCUT2D eigenvalue weighted by molar-refractivity contribution is 5.43. The number of hydrogen-bond donors (Lipinski definition) is 4. The molecule has 3 fully saturated rings. The van der Waals surface area contributed by atoms with Crippen molar-refractivity contribution in [2.75, 3.05) is 29.9 Å². The Kier molecular flexibility index (Phi) is 3.85. The van der Waals surface area contributed by atoms with Crippen molar-refractivity contribution in [1.29, 1.82) is 0 Å². The number of nitrogens with one attached hydrogen (secondary N) is 3. The quantitative estimate of drug-likeness (QED) is 0.628. The van der Waals surface area contributed by atoms with E-state index in [2.05, 4.69) is 31.0 Å². The maximum Gasteiger partial charge on any atom is 0.227 e. The molecule has 1 aromatic rings. The molecule has 7 heteroatoms. The molecule has 4 rings (SSSR count). The highest BCUT2D eigenvalue weighted by Crippen LogP contribution is 2.28. The van der Waals surface area contributed by atoms with E-state index < -0.39 is 0 Å². The first kappa shape index (κ1) is 14.2. The summed E-state index contributed by atoms with van der Waals surface area (Å²) in [5.41, 5.74) is 12.6. The van der Waals surface area contributed by atoms with Crippen LogP contribution in [0.4, 0.5) is 11.8 Å². The Bertz CT molecular complexity index is 522. The molecular formula is C15H25N7. The summed E-state index contributed by atoms with van der Waals surface area (Å²) in [6, 6.07) is 3.37. The molecule has 2 aliphatic heterocycles. The first-order valence-electron chi connectivity index (χ1n) is 8.36. The third-order valence-electron chi connectivity index (χ3n) is 5.14. The first-order chi connectivity index (χ1) is 10.8. The Labute approximate surface area is 131 Å². The van der Waals surface area contributed by atoms with Crippen LogP contribution in [0.3, 0.4) is 0 Å². The van der Waals surface area contributed by atoms with Gasteiger partial charge in [0.15, 0.2) is 0 Å². The fraction of sp³-hybridized carbons (Fsp3) is 0.733. The van der Waals surface area contributed by atoms with Crippen molar-refractivity contribution in [2.45, 2.75) is 43.8 Å². The largest absolute Gasteiger partial charge is 0.367 e. The van der Waals surface area contributed by atoms with Crippen LogP contribution in [0.25, 0.3) is 0 Å². The zero-order chi connectivity index (χ0) is 14.9. The van der Waals surface area contributed by atoms with Crippen molar-refractivity contribution in [1.82, 2.24) is 20.8 Å². The van der Waals surface area contributed by atoms with Gasteiger partial charge >= 0.3 is 0 Å². The maximum atomic E-state index is 5.97. The Morgan fingerprint density at radius 2 is 2.27 bits per heavy atom. The number of nitrogens with two attached hydrogens (primary N) is 1. The van der Waals surface area contributed by atoms with Gasteiger partial charge in [-0.1, -0.05) is 0 Å². The summed E-state index contributed by atoms with van der Waals surface area (Å²) < 4.78 is 0. The Morgan fingerprint density at radius 1 is 1.32 bits per heavy atom. The Hall–Kier alpha value is -1.44. The molecule has 0 radical (unpaired) electrons. The summed E-state index contributed by atoms with van der Waals surface area (Å²) >= 11 is 0. The van der Waals surface area contributed by atoms with E-state index in [1.807, 2.05) is 12.3 Å². The summed E-state index contributed by atoms with van der Waals surface area (Å²) in [6.07, 6.45) is 6.46. The van der Waals surface area contributed by atoms with Crippen LogP contribution in [-0.2, 0) is 0 Å². The lowest BCUT2D eigenvalue weighted by Gasteiger charge is -2.31. The second-order valence-corrected chi connectivity index (χ2v) is 6.78.